The maximum absolute atomic E-state index is 12.9. The van der Waals surface area contributed by atoms with Crippen LogP contribution in [0.5, 0.6) is 11.5 Å². The molecule has 0 fully saturated rings. The highest BCUT2D eigenvalue weighted by Gasteiger charge is 2.36. The normalized spacial score (nSPS) is 12.3. The van der Waals surface area contributed by atoms with Gasteiger partial charge in [-0.3, -0.25) is 19.2 Å². The van der Waals surface area contributed by atoms with Crippen molar-refractivity contribution in [3.63, 3.8) is 0 Å². The van der Waals surface area contributed by atoms with Crippen LogP contribution in [0.25, 0.3) is 0 Å². The molecule has 2 atom stereocenters. The summed E-state index contributed by atoms with van der Waals surface area (Å²) in [6.07, 6.45) is -0.135. The first-order chi connectivity index (χ1) is 18.2. The Balaban J connectivity index is 3.33. The number of ether oxygens (including phenoxy) is 6. The van der Waals surface area contributed by atoms with E-state index in [0.29, 0.717) is 0 Å². The molecule has 1 aromatic carbocycles. The van der Waals surface area contributed by atoms with Gasteiger partial charge in [-0.15, -0.1) is 0 Å². The third-order valence-electron chi connectivity index (χ3n) is 5.16. The Kier molecular flexibility index (Phi) is 15.4. The van der Waals surface area contributed by atoms with Gasteiger partial charge in [-0.2, -0.15) is 0 Å². The van der Waals surface area contributed by atoms with E-state index in [1.165, 1.54) is 12.1 Å². The Morgan fingerprint density at radius 2 is 0.974 bits per heavy atom. The van der Waals surface area contributed by atoms with Crippen molar-refractivity contribution in [2.24, 2.45) is 0 Å². The second-order valence-electron chi connectivity index (χ2n) is 7.80. The third kappa shape index (κ3) is 10.5. The lowest BCUT2D eigenvalue weighted by Crippen LogP contribution is -2.27. The van der Waals surface area contributed by atoms with E-state index in [2.05, 4.69) is 0 Å². The van der Waals surface area contributed by atoms with Crippen molar-refractivity contribution in [2.45, 2.75) is 52.4 Å². The quantitative estimate of drug-likeness (QED) is 0.121. The molecule has 214 valence electrons. The predicted octanol–water partition coefficient (Wildman–Crippen LogP) is 2.33. The van der Waals surface area contributed by atoms with Crippen LogP contribution in [0.1, 0.15) is 63.5 Å². The molecule has 12 heteroatoms. The van der Waals surface area contributed by atoms with E-state index in [9.17, 15) is 29.4 Å². The minimum absolute atomic E-state index is 0.0192. The highest BCUT2D eigenvalue weighted by Crippen LogP contribution is 2.41. The molecule has 2 N–H and O–H groups in total. The fraction of sp³-hybridized carbons (Fsp3) is 0.615. The zero-order valence-corrected chi connectivity index (χ0v) is 22.4. The first-order valence-corrected chi connectivity index (χ1v) is 12.6. The molecular formula is C26H38O12. The molecule has 38 heavy (non-hydrogen) atoms. The van der Waals surface area contributed by atoms with E-state index in [0.717, 1.165) is 0 Å². The second-order valence-corrected chi connectivity index (χ2v) is 7.80. The number of phenols is 2. The van der Waals surface area contributed by atoms with E-state index < -0.39 is 47.2 Å². The van der Waals surface area contributed by atoms with E-state index in [1.807, 2.05) is 0 Å². The molecule has 2 unspecified atom stereocenters. The Hall–Kier alpha value is -3.38. The van der Waals surface area contributed by atoms with Gasteiger partial charge in [-0.05, 0) is 39.8 Å². The lowest BCUT2D eigenvalue weighted by molar-refractivity contribution is -0.149. The maximum atomic E-state index is 12.9. The van der Waals surface area contributed by atoms with Crippen molar-refractivity contribution in [1.29, 1.82) is 0 Å². The van der Waals surface area contributed by atoms with Crippen molar-refractivity contribution >= 4 is 23.9 Å². The monoisotopic (exact) mass is 542 g/mol. The Bertz CT molecular complexity index is 841. The van der Waals surface area contributed by atoms with Crippen LogP contribution >= 0.6 is 0 Å². The van der Waals surface area contributed by atoms with Crippen LogP contribution in [-0.2, 0) is 47.6 Å². The Morgan fingerprint density at radius 1 is 0.632 bits per heavy atom. The lowest BCUT2D eigenvalue weighted by Gasteiger charge is -2.25. The van der Waals surface area contributed by atoms with E-state index >= 15 is 0 Å². The van der Waals surface area contributed by atoms with Gasteiger partial charge in [0, 0.05) is 11.1 Å². The SMILES string of the molecule is CCOC(=O)CCOCC(C(=O)OCC)c1c(O)ccc(O)c1C(COCCC(=O)OCC)C(=O)OCC. The van der Waals surface area contributed by atoms with E-state index in [-0.39, 0.29) is 76.8 Å². The first kappa shape index (κ1) is 32.6. The minimum atomic E-state index is -1.27. The van der Waals surface area contributed by atoms with Gasteiger partial charge in [-0.25, -0.2) is 0 Å². The standard InChI is InChI=1S/C26H38O12/c1-5-35-21(29)11-13-33-15-17(25(31)37-7-3)23-19(27)9-10-20(28)24(23)18(26(32)38-8-4)16-34-14-12-22(30)36-6-2/h9-10,17-18,27-28H,5-8,11-16H2,1-4H3. The number of carbonyl (C=O) groups is 4. The molecule has 0 saturated heterocycles. The number of rotatable bonds is 18. The summed E-state index contributed by atoms with van der Waals surface area (Å²) >= 11 is 0. The summed E-state index contributed by atoms with van der Waals surface area (Å²) in [5, 5.41) is 21.6. The molecule has 0 saturated carbocycles. The van der Waals surface area contributed by atoms with Crippen LogP contribution in [0.2, 0.25) is 0 Å². The van der Waals surface area contributed by atoms with Gasteiger partial charge in [0.25, 0.3) is 0 Å². The van der Waals surface area contributed by atoms with Crippen LogP contribution in [0.15, 0.2) is 12.1 Å². The highest BCUT2D eigenvalue weighted by atomic mass is 16.6. The van der Waals surface area contributed by atoms with Crippen LogP contribution in [0.4, 0.5) is 0 Å². The van der Waals surface area contributed by atoms with Crippen LogP contribution < -0.4 is 0 Å². The average Bonchev–Trinajstić information content (AvgIpc) is 2.87. The molecule has 0 spiro atoms. The summed E-state index contributed by atoms with van der Waals surface area (Å²) < 4.78 is 31.1. The van der Waals surface area contributed by atoms with Crippen molar-refractivity contribution < 1.29 is 57.8 Å². The van der Waals surface area contributed by atoms with Gasteiger partial charge in [0.05, 0.1) is 65.7 Å². The smallest absolute Gasteiger partial charge is 0.315 e. The molecular weight excluding hydrogens is 504 g/mol. The summed E-state index contributed by atoms with van der Waals surface area (Å²) in [5.41, 5.74) is -0.210. The van der Waals surface area contributed by atoms with Gasteiger partial charge in [0.15, 0.2) is 0 Å². The minimum Gasteiger partial charge on any atom is -0.508 e. The highest BCUT2D eigenvalue weighted by molar-refractivity contribution is 5.85. The molecule has 0 aliphatic heterocycles. The third-order valence-corrected chi connectivity index (χ3v) is 5.16. The molecule has 0 aromatic heterocycles. The van der Waals surface area contributed by atoms with Crippen molar-refractivity contribution in [3.8, 4) is 11.5 Å². The molecule has 0 aliphatic carbocycles. The summed E-state index contributed by atoms with van der Waals surface area (Å²) in [6.45, 7) is 6.16. The number of aromatic hydroxyl groups is 2. The van der Waals surface area contributed by atoms with Gasteiger partial charge < -0.3 is 38.6 Å². The zero-order valence-electron chi connectivity index (χ0n) is 22.4. The fourth-order valence-electron chi connectivity index (χ4n) is 3.55. The van der Waals surface area contributed by atoms with E-state index in [4.69, 9.17) is 28.4 Å². The van der Waals surface area contributed by atoms with Crippen LogP contribution in [0, 0.1) is 0 Å². The maximum Gasteiger partial charge on any atom is 0.315 e. The van der Waals surface area contributed by atoms with Gasteiger partial charge in [-0.1, -0.05) is 0 Å². The number of hydrogen-bond donors (Lipinski definition) is 2. The van der Waals surface area contributed by atoms with Crippen LogP contribution in [0.3, 0.4) is 0 Å². The summed E-state index contributed by atoms with van der Waals surface area (Å²) in [5.74, 6) is -5.86. The zero-order chi connectivity index (χ0) is 28.5. The largest absolute Gasteiger partial charge is 0.508 e. The van der Waals surface area contributed by atoms with Crippen molar-refractivity contribution in [2.75, 3.05) is 52.9 Å². The van der Waals surface area contributed by atoms with Crippen molar-refractivity contribution in [3.05, 3.63) is 23.3 Å². The molecule has 0 radical (unpaired) electrons. The number of esters is 4. The molecule has 0 bridgehead atoms. The lowest BCUT2D eigenvalue weighted by atomic mass is 9.86. The Morgan fingerprint density at radius 3 is 1.29 bits per heavy atom. The predicted molar refractivity (Wildman–Crippen MR) is 133 cm³/mol. The Labute approximate surface area is 222 Å². The second kappa shape index (κ2) is 18.0. The van der Waals surface area contributed by atoms with Crippen molar-refractivity contribution in [1.82, 2.24) is 0 Å². The molecule has 0 amide bonds. The molecule has 0 heterocycles. The van der Waals surface area contributed by atoms with Crippen LogP contribution in [-0.4, -0.2) is 86.9 Å². The number of carbonyl (C=O) groups excluding carboxylic acids is 4. The van der Waals surface area contributed by atoms with Gasteiger partial charge >= 0.3 is 23.9 Å². The average molecular weight is 543 g/mol. The molecule has 1 aromatic rings. The van der Waals surface area contributed by atoms with E-state index in [1.54, 1.807) is 27.7 Å². The number of hydrogen-bond acceptors (Lipinski definition) is 12. The van der Waals surface area contributed by atoms with Gasteiger partial charge in [0.2, 0.25) is 0 Å². The molecule has 12 nitrogen and oxygen atoms in total. The first-order valence-electron chi connectivity index (χ1n) is 12.6. The topological polar surface area (TPSA) is 164 Å². The summed E-state index contributed by atoms with van der Waals surface area (Å²) in [6, 6.07) is 2.34. The fourth-order valence-corrected chi connectivity index (χ4v) is 3.55. The number of phenolic OH excluding ortho intramolecular Hbond substituents is 2. The molecule has 1 rings (SSSR count). The van der Waals surface area contributed by atoms with Gasteiger partial charge in [0.1, 0.15) is 23.3 Å². The summed E-state index contributed by atoms with van der Waals surface area (Å²) in [4.78, 5) is 49.1. The molecule has 0 aliphatic rings. The number of benzene rings is 1. The summed E-state index contributed by atoms with van der Waals surface area (Å²) in [7, 11) is 0.